The first kappa shape index (κ1) is 26.5. The van der Waals surface area contributed by atoms with Crippen LogP contribution in [0.2, 0.25) is 0 Å². The molecule has 0 spiro atoms. The van der Waals surface area contributed by atoms with Crippen molar-refractivity contribution in [3.63, 3.8) is 0 Å². The Hall–Kier alpha value is -4.07. The third-order valence-electron chi connectivity index (χ3n) is 7.10. The Morgan fingerprint density at radius 3 is 2.64 bits per heavy atom. The number of carbonyl (C=O) groups is 2. The van der Waals surface area contributed by atoms with Crippen LogP contribution in [0.4, 0.5) is 0 Å². The summed E-state index contributed by atoms with van der Waals surface area (Å²) in [6.07, 6.45) is 10.0. The highest BCUT2D eigenvalue weighted by atomic mass is 16.1. The molecule has 0 unspecified atom stereocenters. The lowest BCUT2D eigenvalue weighted by molar-refractivity contribution is -0.114. The molecule has 2 aromatic carbocycles. The molecular formula is C32H35N5O2. The molecule has 7 nitrogen and oxygen atoms in total. The van der Waals surface area contributed by atoms with Gasteiger partial charge in [0.05, 0.1) is 18.3 Å². The van der Waals surface area contributed by atoms with Gasteiger partial charge in [0, 0.05) is 43.5 Å². The molecule has 1 aromatic heterocycles. The van der Waals surface area contributed by atoms with Gasteiger partial charge in [-0.1, -0.05) is 60.7 Å². The molecule has 0 saturated heterocycles. The molecule has 0 aliphatic heterocycles. The van der Waals surface area contributed by atoms with Gasteiger partial charge in [0.1, 0.15) is 0 Å². The highest BCUT2D eigenvalue weighted by Crippen LogP contribution is 2.33. The van der Waals surface area contributed by atoms with Crippen molar-refractivity contribution >= 4 is 17.8 Å². The summed E-state index contributed by atoms with van der Waals surface area (Å²) in [7, 11) is 6.31. The van der Waals surface area contributed by atoms with E-state index in [1.54, 1.807) is 23.2 Å². The number of aromatic nitrogens is 2. The molecule has 39 heavy (non-hydrogen) atoms. The second-order valence-electron chi connectivity index (χ2n) is 10.6. The lowest BCUT2D eigenvalue weighted by atomic mass is 9.93. The van der Waals surface area contributed by atoms with E-state index < -0.39 is 0 Å². The first-order valence-electron chi connectivity index (χ1n) is 13.3. The van der Waals surface area contributed by atoms with Crippen molar-refractivity contribution in [2.45, 2.75) is 25.9 Å². The van der Waals surface area contributed by atoms with Gasteiger partial charge >= 0.3 is 0 Å². The van der Waals surface area contributed by atoms with Crippen molar-refractivity contribution in [3.05, 3.63) is 118 Å². The zero-order valence-electron chi connectivity index (χ0n) is 22.9. The van der Waals surface area contributed by atoms with Crippen molar-refractivity contribution in [2.75, 3.05) is 34.2 Å². The molecule has 0 radical (unpaired) electrons. The maximum Gasteiger partial charge on any atom is 0.258 e. The summed E-state index contributed by atoms with van der Waals surface area (Å²) in [5.41, 5.74) is 7.57. The molecule has 2 aliphatic carbocycles. The summed E-state index contributed by atoms with van der Waals surface area (Å²) < 4.78 is 1.75. The number of hydrogen-bond acceptors (Lipinski definition) is 5. The van der Waals surface area contributed by atoms with Gasteiger partial charge in [-0.3, -0.25) is 14.3 Å². The molecule has 1 amide bonds. The quantitative estimate of drug-likeness (QED) is 0.436. The number of fused-ring (bicyclic) bond motifs is 1. The molecule has 1 N–H and O–H groups in total. The first-order valence-corrected chi connectivity index (χ1v) is 13.3. The molecule has 7 heteroatoms. The number of hydrogen-bond donors (Lipinski definition) is 1. The topological polar surface area (TPSA) is 70.5 Å². The zero-order valence-corrected chi connectivity index (χ0v) is 22.9. The first-order chi connectivity index (χ1) is 18.8. The van der Waals surface area contributed by atoms with Crippen LogP contribution in [0, 0.1) is 0 Å². The number of benzene rings is 2. The minimum absolute atomic E-state index is 0.0754. The van der Waals surface area contributed by atoms with Crippen LogP contribution < -0.4 is 5.32 Å². The molecule has 0 atom stereocenters. The Labute approximate surface area is 230 Å². The number of amides is 1. The lowest BCUT2D eigenvalue weighted by Gasteiger charge is -2.19. The third-order valence-corrected chi connectivity index (χ3v) is 7.10. The lowest BCUT2D eigenvalue weighted by Crippen LogP contribution is -2.28. The summed E-state index contributed by atoms with van der Waals surface area (Å²) in [5, 5.41) is 7.30. The van der Waals surface area contributed by atoms with Gasteiger partial charge in [0.15, 0.2) is 5.78 Å². The molecule has 0 fully saturated rings. The summed E-state index contributed by atoms with van der Waals surface area (Å²) in [4.78, 5) is 30.3. The number of Topliss-reactive ketones (excluding diaryl/α,β-unsaturated/α-hetero) is 1. The van der Waals surface area contributed by atoms with Crippen molar-refractivity contribution in [2.24, 2.45) is 0 Å². The highest BCUT2D eigenvalue weighted by molar-refractivity contribution is 6.04. The van der Waals surface area contributed by atoms with Crippen LogP contribution >= 0.6 is 0 Å². The minimum Gasteiger partial charge on any atom is -0.322 e. The molecule has 0 saturated carbocycles. The van der Waals surface area contributed by atoms with Crippen LogP contribution in [0.3, 0.4) is 0 Å². The number of nitrogens with one attached hydrogen (secondary N) is 1. The van der Waals surface area contributed by atoms with Gasteiger partial charge < -0.3 is 15.1 Å². The fourth-order valence-corrected chi connectivity index (χ4v) is 4.92. The van der Waals surface area contributed by atoms with Gasteiger partial charge in [0.2, 0.25) is 0 Å². The van der Waals surface area contributed by atoms with Crippen LogP contribution in [0.5, 0.6) is 0 Å². The monoisotopic (exact) mass is 521 g/mol. The molecule has 5 rings (SSSR count). The Balaban J connectivity index is 1.24. The maximum atomic E-state index is 12.9. The predicted molar refractivity (Wildman–Crippen MR) is 154 cm³/mol. The SMILES string of the molecule is CN(C)CCN(C)Cc1ccc2c(c1)C=C(C1=CC(NC(=O)c3cnn(Cc4ccccc4)c3)=CCC1=O)C2. The van der Waals surface area contributed by atoms with Crippen LogP contribution in [-0.4, -0.2) is 65.5 Å². The Bertz CT molecular complexity index is 1460. The summed E-state index contributed by atoms with van der Waals surface area (Å²) in [6.45, 7) is 3.50. The predicted octanol–water partition coefficient (Wildman–Crippen LogP) is 4.08. The molecule has 1 heterocycles. The van der Waals surface area contributed by atoms with Crippen molar-refractivity contribution < 1.29 is 9.59 Å². The normalized spacial score (nSPS) is 14.8. The third kappa shape index (κ3) is 6.69. The second kappa shape index (κ2) is 11.8. The van der Waals surface area contributed by atoms with E-state index in [-0.39, 0.29) is 18.1 Å². The van der Waals surface area contributed by atoms with Gasteiger partial charge in [0.25, 0.3) is 5.91 Å². The standard InChI is InChI=1S/C32H35N5O2/c1-35(2)13-14-36(3)20-24-9-10-25-16-27(17-26(25)15-24)30-18-29(11-12-31(30)38)34-32(39)28-19-33-37(22-28)21-23-7-5-4-6-8-23/h4-11,15,17-19,22H,12-14,16,20-21H2,1-3H3,(H,34,39). The van der Waals surface area contributed by atoms with Gasteiger partial charge in [-0.15, -0.1) is 0 Å². The Morgan fingerprint density at radius 2 is 1.85 bits per heavy atom. The minimum atomic E-state index is -0.239. The van der Waals surface area contributed by atoms with E-state index in [1.165, 1.54) is 16.7 Å². The van der Waals surface area contributed by atoms with Crippen LogP contribution in [-0.2, 0) is 24.3 Å². The van der Waals surface area contributed by atoms with E-state index in [1.807, 2.05) is 36.4 Å². The molecule has 3 aromatic rings. The fourth-order valence-electron chi connectivity index (χ4n) is 4.92. The summed E-state index contributed by atoms with van der Waals surface area (Å²) >= 11 is 0. The van der Waals surface area contributed by atoms with Crippen molar-refractivity contribution in [3.8, 4) is 0 Å². The second-order valence-corrected chi connectivity index (χ2v) is 10.6. The maximum absolute atomic E-state index is 12.9. The summed E-state index contributed by atoms with van der Waals surface area (Å²) in [5.74, 6) is -0.163. The van der Waals surface area contributed by atoms with E-state index in [9.17, 15) is 9.59 Å². The molecule has 200 valence electrons. The van der Waals surface area contributed by atoms with E-state index in [0.29, 0.717) is 23.4 Å². The highest BCUT2D eigenvalue weighted by Gasteiger charge is 2.24. The number of allylic oxidation sites excluding steroid dienone is 4. The average Bonchev–Trinajstić information content (AvgIpc) is 3.56. The van der Waals surface area contributed by atoms with Gasteiger partial charge in [-0.05, 0) is 61.5 Å². The molecular weight excluding hydrogens is 486 g/mol. The fraction of sp³-hybridized carbons (Fsp3) is 0.281. The molecule has 2 aliphatic rings. The van der Waals surface area contributed by atoms with E-state index in [0.717, 1.165) is 37.2 Å². The smallest absolute Gasteiger partial charge is 0.258 e. The number of rotatable bonds is 10. The Kier molecular flexibility index (Phi) is 8.00. The van der Waals surface area contributed by atoms with Crippen molar-refractivity contribution in [1.82, 2.24) is 24.9 Å². The van der Waals surface area contributed by atoms with Crippen LogP contribution in [0.25, 0.3) is 6.08 Å². The zero-order chi connectivity index (χ0) is 27.4. The summed E-state index contributed by atoms with van der Waals surface area (Å²) in [6, 6.07) is 16.6. The van der Waals surface area contributed by atoms with E-state index >= 15 is 0 Å². The van der Waals surface area contributed by atoms with Crippen LogP contribution in [0.15, 0.2) is 89.9 Å². The number of nitrogens with zero attached hydrogens (tertiary/aromatic N) is 4. The largest absolute Gasteiger partial charge is 0.322 e. The number of likely N-dealkylation sites (N-methyl/N-ethyl adjacent to an activating group) is 2. The number of ketones is 1. The average molecular weight is 522 g/mol. The van der Waals surface area contributed by atoms with Gasteiger partial charge in [-0.25, -0.2) is 0 Å². The van der Waals surface area contributed by atoms with Crippen molar-refractivity contribution in [1.29, 1.82) is 0 Å². The number of carbonyl (C=O) groups excluding carboxylic acids is 2. The Morgan fingerprint density at radius 1 is 1.03 bits per heavy atom. The van der Waals surface area contributed by atoms with E-state index in [4.69, 9.17) is 0 Å². The molecule has 0 bridgehead atoms. The van der Waals surface area contributed by atoms with E-state index in [2.05, 4.69) is 65.6 Å². The van der Waals surface area contributed by atoms with Gasteiger partial charge in [-0.2, -0.15) is 5.10 Å². The van der Waals surface area contributed by atoms with Crippen LogP contribution in [0.1, 0.15) is 39.0 Å².